The zero-order chi connectivity index (χ0) is 20.2. The van der Waals surface area contributed by atoms with Gasteiger partial charge < -0.3 is 4.42 Å². The number of thioether (sulfide) groups is 1. The molecule has 4 rings (SSSR count). The highest BCUT2D eigenvalue weighted by atomic mass is 32.2. The van der Waals surface area contributed by atoms with Crippen molar-refractivity contribution in [3.8, 4) is 0 Å². The summed E-state index contributed by atoms with van der Waals surface area (Å²) in [5.74, 6) is 0.883. The molecule has 0 saturated heterocycles. The van der Waals surface area contributed by atoms with Crippen molar-refractivity contribution in [2.75, 3.05) is 4.90 Å². The summed E-state index contributed by atoms with van der Waals surface area (Å²) in [6, 6.07) is 6.18. The van der Waals surface area contributed by atoms with Gasteiger partial charge in [0, 0.05) is 24.0 Å². The van der Waals surface area contributed by atoms with Gasteiger partial charge in [-0.2, -0.15) is 0 Å². The Hall–Kier alpha value is -2.26. The maximum absolute atomic E-state index is 14.2. The zero-order valence-corrected chi connectivity index (χ0v) is 17.6. The number of hydrogen-bond donors (Lipinski definition) is 0. The number of para-hydroxylation sites is 1. The maximum atomic E-state index is 14.2. The van der Waals surface area contributed by atoms with Crippen molar-refractivity contribution < 1.29 is 13.6 Å². The van der Waals surface area contributed by atoms with Gasteiger partial charge in [-0.3, -0.25) is 9.69 Å². The van der Waals surface area contributed by atoms with E-state index >= 15 is 0 Å². The smallest absolute Gasteiger partial charge is 0.276 e. The molecule has 1 saturated carbocycles. The van der Waals surface area contributed by atoms with Gasteiger partial charge >= 0.3 is 0 Å². The maximum Gasteiger partial charge on any atom is 0.276 e. The van der Waals surface area contributed by atoms with E-state index in [1.54, 1.807) is 18.2 Å². The molecule has 1 aliphatic rings. The molecule has 3 aromatic rings. The molecule has 1 amide bonds. The van der Waals surface area contributed by atoms with Gasteiger partial charge in [-0.15, -0.1) is 21.5 Å². The standard InChI is InChI=1S/C20H21FN4O2S2/c1-13(26)25(17-10-6-5-9-16(17)21)19-22-15(11-28-19)12-29-20-24-23-18(27-20)14-7-3-2-4-8-14/h5-6,9-11,14H,2-4,7-8,12H2,1H3. The van der Waals surface area contributed by atoms with E-state index < -0.39 is 5.82 Å². The number of amides is 1. The van der Waals surface area contributed by atoms with Gasteiger partial charge in [0.1, 0.15) is 5.82 Å². The number of aromatic nitrogens is 3. The fourth-order valence-electron chi connectivity index (χ4n) is 3.43. The number of halogens is 1. The van der Waals surface area contributed by atoms with E-state index in [9.17, 15) is 9.18 Å². The Balaban J connectivity index is 1.43. The number of anilines is 2. The molecular formula is C20H21FN4O2S2. The summed E-state index contributed by atoms with van der Waals surface area (Å²) in [6.07, 6.45) is 5.93. The van der Waals surface area contributed by atoms with Gasteiger partial charge in [0.2, 0.25) is 11.8 Å². The highest BCUT2D eigenvalue weighted by molar-refractivity contribution is 7.98. The van der Waals surface area contributed by atoms with Crippen LogP contribution in [0.3, 0.4) is 0 Å². The van der Waals surface area contributed by atoms with E-state index in [0.29, 0.717) is 22.0 Å². The fourth-order valence-corrected chi connectivity index (χ4v) is 5.08. The van der Waals surface area contributed by atoms with Crippen molar-refractivity contribution in [2.24, 2.45) is 0 Å². The van der Waals surface area contributed by atoms with Gasteiger partial charge in [-0.05, 0) is 25.0 Å². The van der Waals surface area contributed by atoms with Gasteiger partial charge in [0.05, 0.1) is 11.4 Å². The van der Waals surface area contributed by atoms with Crippen molar-refractivity contribution in [3.05, 3.63) is 47.0 Å². The van der Waals surface area contributed by atoms with Crippen LogP contribution in [0.2, 0.25) is 0 Å². The third kappa shape index (κ3) is 4.67. The molecule has 1 aromatic carbocycles. The Morgan fingerprint density at radius 1 is 1.28 bits per heavy atom. The van der Waals surface area contributed by atoms with Crippen molar-refractivity contribution in [3.63, 3.8) is 0 Å². The molecule has 0 unspecified atom stereocenters. The average Bonchev–Trinajstić information content (AvgIpc) is 3.38. The minimum absolute atomic E-state index is 0.197. The fraction of sp³-hybridized carbons (Fsp3) is 0.400. The minimum Gasteiger partial charge on any atom is -0.416 e. The molecule has 152 valence electrons. The van der Waals surface area contributed by atoms with E-state index in [0.717, 1.165) is 24.4 Å². The van der Waals surface area contributed by atoms with E-state index in [2.05, 4.69) is 15.2 Å². The third-order valence-corrected chi connectivity index (χ3v) is 6.59. The topological polar surface area (TPSA) is 72.1 Å². The van der Waals surface area contributed by atoms with Gasteiger partial charge in [-0.25, -0.2) is 9.37 Å². The lowest BCUT2D eigenvalue weighted by Crippen LogP contribution is -2.23. The highest BCUT2D eigenvalue weighted by Gasteiger charge is 2.23. The number of thiazole rings is 1. The Morgan fingerprint density at radius 2 is 2.07 bits per heavy atom. The second-order valence-corrected chi connectivity index (χ2v) is 8.72. The summed E-state index contributed by atoms with van der Waals surface area (Å²) in [6.45, 7) is 1.40. The first-order valence-electron chi connectivity index (χ1n) is 9.57. The number of rotatable bonds is 6. The van der Waals surface area contributed by atoms with E-state index in [1.165, 1.54) is 60.3 Å². The Kier molecular flexibility index (Phi) is 6.25. The number of benzene rings is 1. The summed E-state index contributed by atoms with van der Waals surface area (Å²) in [7, 11) is 0. The normalized spacial score (nSPS) is 14.8. The first kappa shape index (κ1) is 20.0. The van der Waals surface area contributed by atoms with Crippen LogP contribution in [0.15, 0.2) is 39.3 Å². The minimum atomic E-state index is -0.463. The van der Waals surface area contributed by atoms with Crippen LogP contribution in [0.1, 0.15) is 56.5 Å². The first-order valence-corrected chi connectivity index (χ1v) is 11.4. The van der Waals surface area contributed by atoms with Gasteiger partial charge in [-0.1, -0.05) is 43.2 Å². The average molecular weight is 433 g/mol. The van der Waals surface area contributed by atoms with Crippen LogP contribution in [-0.2, 0) is 10.5 Å². The second-order valence-electron chi connectivity index (χ2n) is 6.96. The van der Waals surface area contributed by atoms with Crippen LogP contribution >= 0.6 is 23.1 Å². The number of carbonyl (C=O) groups is 1. The van der Waals surface area contributed by atoms with E-state index in [4.69, 9.17) is 4.42 Å². The highest BCUT2D eigenvalue weighted by Crippen LogP contribution is 2.35. The summed E-state index contributed by atoms with van der Waals surface area (Å²) in [5, 5.41) is 11.2. The van der Waals surface area contributed by atoms with E-state index in [-0.39, 0.29) is 11.6 Å². The molecular weight excluding hydrogens is 411 g/mol. The second kappa shape index (κ2) is 9.04. The molecule has 0 spiro atoms. The number of nitrogens with zero attached hydrogens (tertiary/aromatic N) is 4. The van der Waals surface area contributed by atoms with Crippen molar-refractivity contribution in [2.45, 2.75) is 55.9 Å². The third-order valence-electron chi connectivity index (χ3n) is 4.86. The molecule has 0 atom stereocenters. The molecule has 1 aliphatic carbocycles. The number of carbonyl (C=O) groups excluding carboxylic acids is 1. The number of hydrogen-bond acceptors (Lipinski definition) is 7. The molecule has 0 N–H and O–H groups in total. The Labute approximate surface area is 176 Å². The zero-order valence-electron chi connectivity index (χ0n) is 16.0. The van der Waals surface area contributed by atoms with Crippen molar-refractivity contribution >= 4 is 39.8 Å². The Bertz CT molecular complexity index is 984. The monoisotopic (exact) mass is 432 g/mol. The molecule has 1 fully saturated rings. The molecule has 0 aliphatic heterocycles. The first-order chi connectivity index (χ1) is 14.1. The molecule has 0 bridgehead atoms. The molecule has 0 radical (unpaired) electrons. The van der Waals surface area contributed by atoms with E-state index in [1.807, 2.05) is 5.38 Å². The predicted octanol–water partition coefficient (Wildman–Crippen LogP) is 5.69. The van der Waals surface area contributed by atoms with Crippen LogP contribution in [0.25, 0.3) is 0 Å². The van der Waals surface area contributed by atoms with Crippen LogP contribution in [0.5, 0.6) is 0 Å². The summed E-state index contributed by atoms with van der Waals surface area (Å²) in [5.41, 5.74) is 0.970. The molecule has 2 aromatic heterocycles. The van der Waals surface area contributed by atoms with Crippen molar-refractivity contribution in [1.29, 1.82) is 0 Å². The lowest BCUT2D eigenvalue weighted by Gasteiger charge is -2.18. The lowest BCUT2D eigenvalue weighted by molar-refractivity contribution is -0.115. The van der Waals surface area contributed by atoms with Crippen LogP contribution in [0.4, 0.5) is 15.2 Å². The Morgan fingerprint density at radius 3 is 2.83 bits per heavy atom. The summed E-state index contributed by atoms with van der Waals surface area (Å²) < 4.78 is 20.0. The summed E-state index contributed by atoms with van der Waals surface area (Å²) in [4.78, 5) is 17.9. The largest absolute Gasteiger partial charge is 0.416 e. The van der Waals surface area contributed by atoms with Crippen molar-refractivity contribution in [1.82, 2.24) is 15.2 Å². The van der Waals surface area contributed by atoms with Crippen LogP contribution in [-0.4, -0.2) is 21.1 Å². The quantitative estimate of drug-likeness (QED) is 0.466. The molecule has 2 heterocycles. The SMILES string of the molecule is CC(=O)N(c1nc(CSc2nnc(C3CCCCC3)o2)cs1)c1ccccc1F. The van der Waals surface area contributed by atoms with Crippen LogP contribution < -0.4 is 4.90 Å². The molecule has 29 heavy (non-hydrogen) atoms. The predicted molar refractivity (Wildman–Crippen MR) is 111 cm³/mol. The van der Waals surface area contributed by atoms with Crippen LogP contribution in [0, 0.1) is 5.82 Å². The molecule has 6 nitrogen and oxygen atoms in total. The lowest BCUT2D eigenvalue weighted by atomic mass is 9.89. The van der Waals surface area contributed by atoms with Gasteiger partial charge in [0.15, 0.2) is 5.13 Å². The molecule has 9 heteroatoms. The summed E-state index contributed by atoms with van der Waals surface area (Å²) >= 11 is 2.72. The van der Waals surface area contributed by atoms with Gasteiger partial charge in [0.25, 0.3) is 5.22 Å².